The molecule has 4 heteroatoms. The number of aliphatic hydroxyl groups is 1. The van der Waals surface area contributed by atoms with Crippen LogP contribution in [0.5, 0.6) is 0 Å². The van der Waals surface area contributed by atoms with Crippen molar-refractivity contribution in [3.8, 4) is 0 Å². The zero-order valence-corrected chi connectivity index (χ0v) is 12.9. The molecule has 0 spiro atoms. The van der Waals surface area contributed by atoms with Crippen molar-refractivity contribution >= 4 is 6.09 Å². The summed E-state index contributed by atoms with van der Waals surface area (Å²) in [5, 5.41) is 13.4. The number of ether oxygens (including phenoxy) is 1. The van der Waals surface area contributed by atoms with Gasteiger partial charge < -0.3 is 15.2 Å². The Morgan fingerprint density at radius 1 is 1.32 bits per heavy atom. The zero-order valence-electron chi connectivity index (χ0n) is 12.9. The molecular formula is C18H23NO3. The average Bonchev–Trinajstić information content (AvgIpc) is 3.15. The second-order valence-corrected chi connectivity index (χ2v) is 6.66. The summed E-state index contributed by atoms with van der Waals surface area (Å²) >= 11 is 0. The molecule has 4 unspecified atom stereocenters. The van der Waals surface area contributed by atoms with E-state index in [0.29, 0.717) is 11.8 Å². The lowest BCUT2D eigenvalue weighted by Gasteiger charge is -2.34. The van der Waals surface area contributed by atoms with Gasteiger partial charge in [0.1, 0.15) is 6.61 Å². The molecular weight excluding hydrogens is 278 g/mol. The Kier molecular flexibility index (Phi) is 4.21. The normalized spacial score (nSPS) is 28.4. The maximum Gasteiger partial charge on any atom is 0.407 e. The molecule has 0 aliphatic heterocycles. The summed E-state index contributed by atoms with van der Waals surface area (Å²) in [6.45, 7) is 2.28. The van der Waals surface area contributed by atoms with Crippen LogP contribution in [0.1, 0.15) is 25.3 Å². The molecule has 118 valence electrons. The van der Waals surface area contributed by atoms with E-state index in [1.807, 2.05) is 37.3 Å². The molecule has 1 aromatic carbocycles. The molecule has 2 aliphatic rings. The number of carbonyl (C=O) groups is 1. The molecule has 0 heterocycles. The van der Waals surface area contributed by atoms with Crippen molar-refractivity contribution < 1.29 is 14.6 Å². The summed E-state index contributed by atoms with van der Waals surface area (Å²) in [4.78, 5) is 11.8. The fourth-order valence-corrected chi connectivity index (χ4v) is 3.65. The Morgan fingerprint density at radius 3 is 2.73 bits per heavy atom. The number of carbonyl (C=O) groups excluding carboxylic acids is 1. The number of rotatable bonds is 5. The number of nitrogens with one attached hydrogen (secondary N) is 1. The van der Waals surface area contributed by atoms with E-state index in [4.69, 9.17) is 4.74 Å². The molecule has 0 radical (unpaired) electrons. The first-order valence-corrected chi connectivity index (χ1v) is 7.90. The average molecular weight is 301 g/mol. The van der Waals surface area contributed by atoms with Crippen LogP contribution >= 0.6 is 0 Å². The number of hydrogen-bond acceptors (Lipinski definition) is 3. The first-order chi connectivity index (χ1) is 10.5. The van der Waals surface area contributed by atoms with E-state index in [2.05, 4.69) is 17.5 Å². The van der Waals surface area contributed by atoms with Gasteiger partial charge in [-0.15, -0.1) is 0 Å². The van der Waals surface area contributed by atoms with E-state index in [-0.39, 0.29) is 19.1 Å². The number of fused-ring (bicyclic) bond motifs is 2. The second kappa shape index (κ2) is 6.13. The Morgan fingerprint density at radius 2 is 2.09 bits per heavy atom. The van der Waals surface area contributed by atoms with Crippen LogP contribution in [0.3, 0.4) is 0 Å². The molecule has 1 fully saturated rings. The van der Waals surface area contributed by atoms with Crippen molar-refractivity contribution in [2.24, 2.45) is 17.8 Å². The molecule has 2 bridgehead atoms. The summed E-state index contributed by atoms with van der Waals surface area (Å²) in [5.74, 6) is 1.27. The lowest BCUT2D eigenvalue weighted by molar-refractivity contribution is -0.0111. The predicted octanol–water partition coefficient (Wildman–Crippen LogP) is 2.88. The number of alkyl carbamates (subject to hydrolysis) is 1. The minimum Gasteiger partial charge on any atom is -0.445 e. The lowest BCUT2D eigenvalue weighted by Crippen LogP contribution is -2.47. The molecule has 0 saturated heterocycles. The van der Waals surface area contributed by atoms with Crippen LogP contribution in [0.4, 0.5) is 4.79 Å². The molecule has 4 atom stereocenters. The monoisotopic (exact) mass is 301 g/mol. The van der Waals surface area contributed by atoms with Gasteiger partial charge >= 0.3 is 6.09 Å². The molecule has 22 heavy (non-hydrogen) atoms. The second-order valence-electron chi connectivity index (χ2n) is 6.66. The van der Waals surface area contributed by atoms with Crippen LogP contribution in [-0.2, 0) is 11.3 Å². The van der Waals surface area contributed by atoms with Crippen LogP contribution in [0, 0.1) is 17.8 Å². The van der Waals surface area contributed by atoms with Crippen molar-refractivity contribution in [2.45, 2.75) is 32.0 Å². The van der Waals surface area contributed by atoms with Crippen LogP contribution in [0.25, 0.3) is 0 Å². The van der Waals surface area contributed by atoms with E-state index in [0.717, 1.165) is 18.4 Å². The summed E-state index contributed by atoms with van der Waals surface area (Å²) < 4.78 is 5.17. The third-order valence-electron chi connectivity index (χ3n) is 4.88. The summed E-state index contributed by atoms with van der Waals surface area (Å²) in [7, 11) is 0. The topological polar surface area (TPSA) is 58.6 Å². The van der Waals surface area contributed by atoms with Crippen LogP contribution in [0.2, 0.25) is 0 Å². The van der Waals surface area contributed by atoms with E-state index in [1.165, 1.54) is 0 Å². The molecule has 0 aromatic heterocycles. The summed E-state index contributed by atoms with van der Waals surface area (Å²) in [5.41, 5.74) is 0.0540. The van der Waals surface area contributed by atoms with Gasteiger partial charge in [-0.25, -0.2) is 4.79 Å². The van der Waals surface area contributed by atoms with Gasteiger partial charge in [0, 0.05) is 6.54 Å². The molecule has 3 rings (SSSR count). The standard InChI is InChI=1S/C18H23NO3/c1-18(21,16-10-14-7-8-15(16)9-14)12-19-17(20)22-11-13-5-3-2-4-6-13/h2-8,14-16,21H,9-12H2,1H3,(H,19,20). The fourth-order valence-electron chi connectivity index (χ4n) is 3.65. The van der Waals surface area contributed by atoms with Gasteiger partial charge in [0.2, 0.25) is 0 Å². The number of hydrogen-bond donors (Lipinski definition) is 2. The van der Waals surface area contributed by atoms with Crippen LogP contribution in [0.15, 0.2) is 42.5 Å². The Labute approximate surface area is 131 Å². The van der Waals surface area contributed by atoms with Gasteiger partial charge in [0.05, 0.1) is 5.60 Å². The van der Waals surface area contributed by atoms with Crippen molar-refractivity contribution in [2.75, 3.05) is 6.54 Å². The van der Waals surface area contributed by atoms with Crippen LogP contribution < -0.4 is 5.32 Å². The zero-order chi connectivity index (χ0) is 15.6. The lowest BCUT2D eigenvalue weighted by atomic mass is 9.79. The highest BCUT2D eigenvalue weighted by atomic mass is 16.5. The van der Waals surface area contributed by atoms with E-state index in [1.54, 1.807) is 0 Å². The first-order valence-electron chi connectivity index (χ1n) is 7.90. The summed E-state index contributed by atoms with van der Waals surface area (Å²) in [6, 6.07) is 9.55. The Hall–Kier alpha value is -1.81. The highest BCUT2D eigenvalue weighted by Gasteiger charge is 2.45. The molecule has 4 nitrogen and oxygen atoms in total. The molecule has 1 saturated carbocycles. The molecule has 1 amide bonds. The van der Waals surface area contributed by atoms with E-state index < -0.39 is 11.7 Å². The number of amides is 1. The van der Waals surface area contributed by atoms with Crippen molar-refractivity contribution in [3.05, 3.63) is 48.0 Å². The van der Waals surface area contributed by atoms with Crippen molar-refractivity contribution in [1.82, 2.24) is 5.32 Å². The smallest absolute Gasteiger partial charge is 0.407 e. The van der Waals surface area contributed by atoms with Gasteiger partial charge in [-0.05, 0) is 43.1 Å². The Bertz CT molecular complexity index is 553. The molecule has 1 aromatic rings. The van der Waals surface area contributed by atoms with Gasteiger partial charge in [0.15, 0.2) is 0 Å². The maximum absolute atomic E-state index is 11.8. The van der Waals surface area contributed by atoms with E-state index in [9.17, 15) is 9.90 Å². The highest BCUT2D eigenvalue weighted by Crippen LogP contribution is 2.47. The SMILES string of the molecule is CC(O)(CNC(=O)OCc1ccccc1)C1CC2C=CC1C2. The predicted molar refractivity (Wildman–Crippen MR) is 84.1 cm³/mol. The Balaban J connectivity index is 1.45. The quantitative estimate of drug-likeness (QED) is 0.822. The minimum atomic E-state index is -0.893. The van der Waals surface area contributed by atoms with E-state index >= 15 is 0 Å². The van der Waals surface area contributed by atoms with Gasteiger partial charge in [-0.2, -0.15) is 0 Å². The first kappa shape index (κ1) is 15.1. The molecule has 2 N–H and O–H groups in total. The fraction of sp³-hybridized carbons (Fsp3) is 0.500. The number of benzene rings is 1. The minimum absolute atomic E-state index is 0.219. The van der Waals surface area contributed by atoms with Crippen molar-refractivity contribution in [3.63, 3.8) is 0 Å². The van der Waals surface area contributed by atoms with Gasteiger partial charge in [-0.3, -0.25) is 0 Å². The van der Waals surface area contributed by atoms with Crippen LogP contribution in [-0.4, -0.2) is 23.3 Å². The largest absolute Gasteiger partial charge is 0.445 e. The third kappa shape index (κ3) is 3.33. The number of allylic oxidation sites excluding steroid dienone is 2. The summed E-state index contributed by atoms with van der Waals surface area (Å²) in [6.07, 6.45) is 6.12. The van der Waals surface area contributed by atoms with Crippen molar-refractivity contribution in [1.29, 1.82) is 0 Å². The van der Waals surface area contributed by atoms with Gasteiger partial charge in [0.25, 0.3) is 0 Å². The third-order valence-corrected chi connectivity index (χ3v) is 4.88. The van der Waals surface area contributed by atoms with Gasteiger partial charge in [-0.1, -0.05) is 42.5 Å². The molecule has 2 aliphatic carbocycles. The highest BCUT2D eigenvalue weighted by molar-refractivity contribution is 5.67. The maximum atomic E-state index is 11.8.